The van der Waals surface area contributed by atoms with Crippen LogP contribution in [0, 0.1) is 11.8 Å². The maximum atomic E-state index is 13.0. The standard InChI is InChI=1S/C18H26N2O4S/c1-13-11-12-20(17-6-4-3-5-16(13)17)18(21)14-7-9-15(10-8-14)25(22,23)19-24-2/h7-10,13,16-17,19H,3-6,11-12H2,1-2H3/t13-,16-,17+/m0/s1. The van der Waals surface area contributed by atoms with E-state index in [1.165, 1.54) is 38.5 Å². The average molecular weight is 366 g/mol. The predicted molar refractivity (Wildman–Crippen MR) is 94.3 cm³/mol. The average Bonchev–Trinajstić information content (AvgIpc) is 2.62. The number of piperidine rings is 1. The lowest BCUT2D eigenvalue weighted by Crippen LogP contribution is -2.52. The highest BCUT2D eigenvalue weighted by atomic mass is 32.2. The number of amides is 1. The number of likely N-dealkylation sites (tertiary alicyclic amines) is 1. The van der Waals surface area contributed by atoms with Crippen LogP contribution < -0.4 is 4.89 Å². The number of nitrogens with zero attached hydrogens (tertiary/aromatic N) is 1. The van der Waals surface area contributed by atoms with Gasteiger partial charge in [0, 0.05) is 18.2 Å². The lowest BCUT2D eigenvalue weighted by atomic mass is 9.72. The smallest absolute Gasteiger partial charge is 0.262 e. The molecule has 1 aromatic rings. The number of benzene rings is 1. The van der Waals surface area contributed by atoms with E-state index in [4.69, 9.17) is 0 Å². The summed E-state index contributed by atoms with van der Waals surface area (Å²) in [7, 11) is -2.46. The molecule has 0 bridgehead atoms. The maximum absolute atomic E-state index is 13.0. The minimum absolute atomic E-state index is 0.00690. The van der Waals surface area contributed by atoms with Gasteiger partial charge in [-0.25, -0.2) is 8.42 Å². The van der Waals surface area contributed by atoms with Gasteiger partial charge in [-0.2, -0.15) is 0 Å². The zero-order valence-electron chi connectivity index (χ0n) is 14.8. The lowest BCUT2D eigenvalue weighted by molar-refractivity contribution is 0.0217. The van der Waals surface area contributed by atoms with Gasteiger partial charge < -0.3 is 4.90 Å². The minimum Gasteiger partial charge on any atom is -0.335 e. The molecular formula is C18H26N2O4S. The molecule has 1 aliphatic heterocycles. The molecule has 2 aliphatic rings. The molecular weight excluding hydrogens is 340 g/mol. The highest BCUT2D eigenvalue weighted by Gasteiger charge is 2.39. The summed E-state index contributed by atoms with van der Waals surface area (Å²) in [5.74, 6) is 1.27. The van der Waals surface area contributed by atoms with Gasteiger partial charge in [-0.15, -0.1) is 0 Å². The fraction of sp³-hybridized carbons (Fsp3) is 0.611. The van der Waals surface area contributed by atoms with Crippen LogP contribution in [0.4, 0.5) is 0 Å². The van der Waals surface area contributed by atoms with Crippen molar-refractivity contribution >= 4 is 15.9 Å². The molecule has 1 saturated heterocycles. The second-order valence-corrected chi connectivity index (χ2v) is 8.74. The zero-order valence-corrected chi connectivity index (χ0v) is 15.6. The van der Waals surface area contributed by atoms with Gasteiger partial charge >= 0.3 is 0 Å². The highest BCUT2D eigenvalue weighted by Crippen LogP contribution is 2.39. The number of fused-ring (bicyclic) bond motifs is 1. The Balaban J connectivity index is 1.78. The van der Waals surface area contributed by atoms with Gasteiger partial charge in [0.15, 0.2) is 0 Å². The highest BCUT2D eigenvalue weighted by molar-refractivity contribution is 7.89. The van der Waals surface area contributed by atoms with Crippen LogP contribution in [0.3, 0.4) is 0 Å². The summed E-state index contributed by atoms with van der Waals surface area (Å²) < 4.78 is 23.8. The van der Waals surface area contributed by atoms with Crippen molar-refractivity contribution in [2.45, 2.75) is 50.0 Å². The summed E-state index contributed by atoms with van der Waals surface area (Å²) in [6, 6.07) is 6.38. The van der Waals surface area contributed by atoms with Crippen molar-refractivity contribution in [1.29, 1.82) is 0 Å². The molecule has 1 aromatic carbocycles. The first kappa shape index (κ1) is 18.4. The van der Waals surface area contributed by atoms with E-state index in [0.717, 1.165) is 19.4 Å². The van der Waals surface area contributed by atoms with E-state index < -0.39 is 10.0 Å². The molecule has 1 saturated carbocycles. The molecule has 3 rings (SSSR count). The lowest BCUT2D eigenvalue weighted by Gasteiger charge is -2.47. The van der Waals surface area contributed by atoms with Gasteiger partial charge in [-0.3, -0.25) is 9.63 Å². The third-order valence-corrected chi connectivity index (χ3v) is 6.88. The largest absolute Gasteiger partial charge is 0.335 e. The topological polar surface area (TPSA) is 75.7 Å². The summed E-state index contributed by atoms with van der Waals surface area (Å²) in [5, 5.41) is 0. The van der Waals surface area contributed by atoms with Crippen molar-refractivity contribution in [3.8, 4) is 0 Å². The second kappa shape index (κ2) is 7.43. The molecule has 1 heterocycles. The first-order chi connectivity index (χ1) is 11.9. The summed E-state index contributed by atoms with van der Waals surface area (Å²) >= 11 is 0. The van der Waals surface area contributed by atoms with Crippen molar-refractivity contribution in [2.24, 2.45) is 11.8 Å². The van der Waals surface area contributed by atoms with Crippen LogP contribution in [0.25, 0.3) is 0 Å². The van der Waals surface area contributed by atoms with Crippen LogP contribution in [0.2, 0.25) is 0 Å². The molecule has 0 aromatic heterocycles. The molecule has 6 nitrogen and oxygen atoms in total. The van der Waals surface area contributed by atoms with Gasteiger partial charge in [0.2, 0.25) is 0 Å². The molecule has 0 spiro atoms. The van der Waals surface area contributed by atoms with Crippen LogP contribution in [-0.2, 0) is 14.9 Å². The predicted octanol–water partition coefficient (Wildman–Crippen LogP) is 2.57. The first-order valence-corrected chi connectivity index (χ1v) is 10.4. The Bertz CT molecular complexity index is 717. The Morgan fingerprint density at radius 2 is 1.84 bits per heavy atom. The molecule has 138 valence electrons. The van der Waals surface area contributed by atoms with Gasteiger partial charge in [-0.1, -0.05) is 24.7 Å². The van der Waals surface area contributed by atoms with Gasteiger partial charge in [0.25, 0.3) is 15.9 Å². The number of nitrogens with one attached hydrogen (secondary N) is 1. The summed E-state index contributed by atoms with van der Waals surface area (Å²) in [6.45, 7) is 3.08. The van der Waals surface area contributed by atoms with E-state index in [2.05, 4.69) is 11.8 Å². The molecule has 2 fully saturated rings. The summed E-state index contributed by atoms with van der Waals surface area (Å²) in [6.07, 6.45) is 5.75. The van der Waals surface area contributed by atoms with Crippen LogP contribution in [0.15, 0.2) is 29.2 Å². The minimum atomic E-state index is -3.70. The van der Waals surface area contributed by atoms with Crippen LogP contribution >= 0.6 is 0 Å². The van der Waals surface area contributed by atoms with Gasteiger partial charge in [0.1, 0.15) is 0 Å². The third-order valence-electron chi connectivity index (χ3n) is 5.60. The van der Waals surface area contributed by atoms with E-state index in [0.29, 0.717) is 23.4 Å². The zero-order chi connectivity index (χ0) is 18.0. The second-order valence-electron chi connectivity index (χ2n) is 7.10. The van der Waals surface area contributed by atoms with Gasteiger partial charge in [-0.05, 0) is 55.4 Å². The van der Waals surface area contributed by atoms with Crippen molar-refractivity contribution < 1.29 is 18.0 Å². The number of hydrogen-bond acceptors (Lipinski definition) is 4. The fourth-order valence-corrected chi connectivity index (χ4v) is 5.08. The number of rotatable bonds is 4. The van der Waals surface area contributed by atoms with Crippen molar-refractivity contribution in [3.05, 3.63) is 29.8 Å². The first-order valence-electron chi connectivity index (χ1n) is 8.90. The van der Waals surface area contributed by atoms with E-state index in [1.807, 2.05) is 9.79 Å². The number of hydrogen-bond donors (Lipinski definition) is 1. The Kier molecular flexibility index (Phi) is 5.46. The monoisotopic (exact) mass is 366 g/mol. The van der Waals surface area contributed by atoms with E-state index in [9.17, 15) is 13.2 Å². The molecule has 3 atom stereocenters. The Labute approximate surface area is 149 Å². The van der Waals surface area contributed by atoms with Crippen molar-refractivity contribution in [1.82, 2.24) is 9.79 Å². The summed E-state index contributed by atoms with van der Waals surface area (Å²) in [4.78, 5) is 21.5. The Hall–Kier alpha value is -1.44. The van der Waals surface area contributed by atoms with E-state index in [-0.39, 0.29) is 10.8 Å². The molecule has 1 N–H and O–H groups in total. The van der Waals surface area contributed by atoms with Crippen molar-refractivity contribution in [2.75, 3.05) is 13.7 Å². The number of carbonyl (C=O) groups is 1. The summed E-state index contributed by atoms with van der Waals surface area (Å²) in [5.41, 5.74) is 0.537. The molecule has 0 unspecified atom stereocenters. The number of carbonyl (C=O) groups excluding carboxylic acids is 1. The quantitative estimate of drug-likeness (QED) is 0.831. The molecule has 1 aliphatic carbocycles. The van der Waals surface area contributed by atoms with Crippen molar-refractivity contribution in [3.63, 3.8) is 0 Å². The maximum Gasteiger partial charge on any atom is 0.262 e. The fourth-order valence-electron chi connectivity index (χ4n) is 4.27. The number of sulfonamides is 1. The SMILES string of the molecule is CONS(=O)(=O)c1ccc(C(=O)N2CC[C@H](C)[C@@H]3CCCC[C@H]32)cc1. The van der Waals surface area contributed by atoms with Crippen LogP contribution in [0.1, 0.15) is 49.4 Å². The molecule has 25 heavy (non-hydrogen) atoms. The van der Waals surface area contributed by atoms with Gasteiger partial charge in [0.05, 0.1) is 12.0 Å². The van der Waals surface area contributed by atoms with E-state index >= 15 is 0 Å². The normalized spacial score (nSPS) is 27.0. The van der Waals surface area contributed by atoms with E-state index in [1.54, 1.807) is 12.1 Å². The third kappa shape index (κ3) is 3.73. The molecule has 7 heteroatoms. The van der Waals surface area contributed by atoms with Crippen LogP contribution in [0.5, 0.6) is 0 Å². The Morgan fingerprint density at radius 3 is 2.52 bits per heavy atom. The molecule has 1 amide bonds. The Morgan fingerprint density at radius 1 is 1.16 bits per heavy atom. The van der Waals surface area contributed by atoms with Crippen LogP contribution in [-0.4, -0.2) is 38.9 Å². The molecule has 0 radical (unpaired) electrons.